The predicted octanol–water partition coefficient (Wildman–Crippen LogP) is -0.366. The molecule has 0 atom stereocenters. The van der Waals surface area contributed by atoms with Crippen LogP contribution in [-0.2, 0) is 14.3 Å². The first-order valence-corrected chi connectivity index (χ1v) is 4.83. The van der Waals surface area contributed by atoms with E-state index in [4.69, 9.17) is 4.74 Å². The van der Waals surface area contributed by atoms with Gasteiger partial charge in [-0.05, 0) is 0 Å². The van der Waals surface area contributed by atoms with Crippen molar-refractivity contribution in [2.75, 3.05) is 13.1 Å². The average Bonchev–Trinajstić information content (AvgIpc) is 2.42. The highest BCUT2D eigenvalue weighted by Gasteiger charge is 2.50. The van der Waals surface area contributed by atoms with Gasteiger partial charge in [0.05, 0.1) is 0 Å². The van der Waals surface area contributed by atoms with Crippen LogP contribution in [0.25, 0.3) is 0 Å². The van der Waals surface area contributed by atoms with Crippen LogP contribution in [0.1, 0.15) is 19.8 Å². The largest absolute Gasteiger partial charge is 0.432 e. The van der Waals surface area contributed by atoms with Crippen molar-refractivity contribution in [3.63, 3.8) is 0 Å². The van der Waals surface area contributed by atoms with Crippen molar-refractivity contribution in [1.29, 1.82) is 0 Å². The number of alkyl carbamates (subject to hydrolysis) is 1. The number of likely N-dealkylation sites (tertiary alicyclic amines) is 1. The smallest absolute Gasteiger partial charge is 0.415 e. The predicted molar refractivity (Wildman–Crippen MR) is 48.8 cm³/mol. The number of nitrogens with zero attached hydrogens (tertiary/aromatic N) is 1. The van der Waals surface area contributed by atoms with Crippen LogP contribution in [-0.4, -0.2) is 41.5 Å². The van der Waals surface area contributed by atoms with Crippen molar-refractivity contribution in [2.45, 2.75) is 25.4 Å². The second-order valence-electron chi connectivity index (χ2n) is 3.84. The minimum absolute atomic E-state index is 0.0189. The molecule has 0 aromatic heterocycles. The monoisotopic (exact) mass is 212 g/mol. The molecule has 0 saturated carbocycles. The molecule has 1 spiro atoms. The van der Waals surface area contributed by atoms with E-state index in [1.54, 1.807) is 4.90 Å². The third kappa shape index (κ3) is 1.55. The molecule has 2 heterocycles. The lowest BCUT2D eigenvalue weighted by Crippen LogP contribution is -2.50. The van der Waals surface area contributed by atoms with E-state index < -0.39 is 11.7 Å². The molecule has 2 aliphatic rings. The van der Waals surface area contributed by atoms with Crippen LogP contribution < -0.4 is 5.32 Å². The molecule has 82 valence electrons. The summed E-state index contributed by atoms with van der Waals surface area (Å²) in [5.41, 5.74) is -1.02. The van der Waals surface area contributed by atoms with Gasteiger partial charge in [-0.1, -0.05) is 0 Å². The quantitative estimate of drug-likeness (QED) is 0.594. The fourth-order valence-corrected chi connectivity index (χ4v) is 1.97. The normalized spacial score (nSPS) is 23.9. The Labute approximate surface area is 86.6 Å². The maximum atomic E-state index is 11.5. The molecule has 2 aliphatic heterocycles. The zero-order valence-corrected chi connectivity index (χ0v) is 8.41. The van der Waals surface area contributed by atoms with Crippen LogP contribution in [0.5, 0.6) is 0 Å². The fourth-order valence-electron chi connectivity index (χ4n) is 1.97. The molecule has 0 unspecified atom stereocenters. The Kier molecular flexibility index (Phi) is 2.13. The Bertz CT molecular complexity index is 331. The van der Waals surface area contributed by atoms with Crippen molar-refractivity contribution >= 4 is 17.9 Å². The van der Waals surface area contributed by atoms with Gasteiger partial charge in [0.2, 0.25) is 5.91 Å². The number of rotatable bonds is 0. The number of nitrogens with one attached hydrogen (secondary N) is 1. The number of carbonyl (C=O) groups is 3. The molecule has 2 rings (SSSR count). The zero-order valence-electron chi connectivity index (χ0n) is 8.41. The minimum atomic E-state index is -1.02. The van der Waals surface area contributed by atoms with Crippen LogP contribution in [0.2, 0.25) is 0 Å². The molecule has 0 aromatic carbocycles. The third-order valence-corrected chi connectivity index (χ3v) is 2.93. The van der Waals surface area contributed by atoms with Crippen LogP contribution in [0.4, 0.5) is 4.79 Å². The highest BCUT2D eigenvalue weighted by Crippen LogP contribution is 2.30. The van der Waals surface area contributed by atoms with Gasteiger partial charge < -0.3 is 9.64 Å². The van der Waals surface area contributed by atoms with Gasteiger partial charge in [-0.3, -0.25) is 14.9 Å². The van der Waals surface area contributed by atoms with Gasteiger partial charge >= 0.3 is 6.09 Å². The van der Waals surface area contributed by atoms with E-state index in [1.165, 1.54) is 6.92 Å². The molecule has 0 aromatic rings. The molecule has 6 heteroatoms. The second kappa shape index (κ2) is 3.22. The SMILES string of the molecule is CC(=O)N1CCC2(CC1)OC(=O)NC2=O. The summed E-state index contributed by atoms with van der Waals surface area (Å²) >= 11 is 0. The molecule has 2 saturated heterocycles. The number of ether oxygens (including phenoxy) is 1. The lowest BCUT2D eigenvalue weighted by atomic mass is 9.91. The molecule has 0 aliphatic carbocycles. The number of carbonyl (C=O) groups excluding carboxylic acids is 3. The minimum Gasteiger partial charge on any atom is -0.432 e. The molecule has 0 bridgehead atoms. The van der Waals surface area contributed by atoms with Gasteiger partial charge in [-0.2, -0.15) is 0 Å². The lowest BCUT2D eigenvalue weighted by molar-refractivity contribution is -0.141. The lowest BCUT2D eigenvalue weighted by Gasteiger charge is -2.35. The number of piperidine rings is 1. The Hall–Kier alpha value is -1.59. The summed E-state index contributed by atoms with van der Waals surface area (Å²) in [4.78, 5) is 35.1. The highest BCUT2D eigenvalue weighted by molar-refractivity contribution is 6.03. The summed E-state index contributed by atoms with van der Waals surface area (Å²) in [6, 6.07) is 0. The molecule has 15 heavy (non-hydrogen) atoms. The molecular formula is C9H12N2O4. The summed E-state index contributed by atoms with van der Waals surface area (Å²) in [5, 5.41) is 2.12. The van der Waals surface area contributed by atoms with Gasteiger partial charge in [0, 0.05) is 32.9 Å². The molecule has 0 radical (unpaired) electrons. The number of imide groups is 1. The summed E-state index contributed by atoms with van der Waals surface area (Å²) in [7, 11) is 0. The summed E-state index contributed by atoms with van der Waals surface area (Å²) < 4.78 is 4.99. The van der Waals surface area contributed by atoms with Crippen LogP contribution in [0, 0.1) is 0 Å². The van der Waals surface area contributed by atoms with E-state index in [2.05, 4.69) is 5.32 Å². The Morgan fingerprint density at radius 3 is 2.40 bits per heavy atom. The molecule has 6 nitrogen and oxygen atoms in total. The van der Waals surface area contributed by atoms with Gasteiger partial charge in [-0.15, -0.1) is 0 Å². The Balaban J connectivity index is 2.06. The zero-order chi connectivity index (χ0) is 11.1. The maximum Gasteiger partial charge on any atom is 0.415 e. The van der Waals surface area contributed by atoms with Crippen LogP contribution >= 0.6 is 0 Å². The van der Waals surface area contributed by atoms with E-state index in [1.807, 2.05) is 0 Å². The maximum absolute atomic E-state index is 11.5. The van der Waals surface area contributed by atoms with E-state index in [9.17, 15) is 14.4 Å². The van der Waals surface area contributed by atoms with E-state index >= 15 is 0 Å². The van der Waals surface area contributed by atoms with Crippen molar-refractivity contribution in [2.24, 2.45) is 0 Å². The van der Waals surface area contributed by atoms with Crippen molar-refractivity contribution in [3.8, 4) is 0 Å². The number of hydrogen-bond donors (Lipinski definition) is 1. The fraction of sp³-hybridized carbons (Fsp3) is 0.667. The summed E-state index contributed by atoms with van der Waals surface area (Å²) in [6.07, 6.45) is 0.0742. The summed E-state index contributed by atoms with van der Waals surface area (Å²) in [5.74, 6) is -0.398. The molecule has 3 amide bonds. The van der Waals surface area contributed by atoms with E-state index in [0.717, 1.165) is 0 Å². The number of hydrogen-bond acceptors (Lipinski definition) is 4. The van der Waals surface area contributed by atoms with Gasteiger partial charge in [0.15, 0.2) is 5.60 Å². The van der Waals surface area contributed by atoms with Crippen molar-refractivity contribution in [1.82, 2.24) is 10.2 Å². The third-order valence-electron chi connectivity index (χ3n) is 2.93. The Morgan fingerprint density at radius 2 is 2.00 bits per heavy atom. The van der Waals surface area contributed by atoms with Crippen molar-refractivity contribution < 1.29 is 19.1 Å². The van der Waals surface area contributed by atoms with E-state index in [0.29, 0.717) is 25.9 Å². The first kappa shape index (κ1) is 9.95. The number of amides is 3. The molecular weight excluding hydrogens is 200 g/mol. The van der Waals surface area contributed by atoms with E-state index in [-0.39, 0.29) is 11.8 Å². The van der Waals surface area contributed by atoms with Crippen LogP contribution in [0.3, 0.4) is 0 Å². The topological polar surface area (TPSA) is 75.7 Å². The summed E-state index contributed by atoms with van der Waals surface area (Å²) in [6.45, 7) is 2.39. The second-order valence-corrected chi connectivity index (χ2v) is 3.84. The molecule has 2 fully saturated rings. The van der Waals surface area contributed by atoms with Gasteiger partial charge in [0.25, 0.3) is 5.91 Å². The van der Waals surface area contributed by atoms with Gasteiger partial charge in [0.1, 0.15) is 0 Å². The Morgan fingerprint density at radius 1 is 1.40 bits per heavy atom. The molecule has 1 N–H and O–H groups in total. The van der Waals surface area contributed by atoms with Gasteiger partial charge in [-0.25, -0.2) is 4.79 Å². The standard InChI is InChI=1S/C9H12N2O4/c1-6(12)11-4-2-9(3-5-11)7(13)10-8(14)15-9/h2-5H2,1H3,(H,10,13,14). The van der Waals surface area contributed by atoms with Crippen molar-refractivity contribution in [3.05, 3.63) is 0 Å². The average molecular weight is 212 g/mol. The first-order valence-electron chi connectivity index (χ1n) is 4.83. The van der Waals surface area contributed by atoms with Crippen LogP contribution in [0.15, 0.2) is 0 Å². The highest BCUT2D eigenvalue weighted by atomic mass is 16.6. The first-order chi connectivity index (χ1) is 7.03.